The first-order valence-corrected chi connectivity index (χ1v) is 7.98. The van der Waals surface area contributed by atoms with E-state index in [1.54, 1.807) is 0 Å². The summed E-state index contributed by atoms with van der Waals surface area (Å²) in [4.78, 5) is 2.26. The molecular formula is C11H19N3O2S. The normalized spacial score (nSPS) is 34.1. The fraction of sp³-hybridized carbons (Fsp3) is 0.909. The van der Waals surface area contributed by atoms with Crippen LogP contribution in [0.2, 0.25) is 0 Å². The Bertz CT molecular complexity index is 401. The van der Waals surface area contributed by atoms with Gasteiger partial charge in [-0.15, -0.1) is 0 Å². The highest BCUT2D eigenvalue weighted by atomic mass is 32.2. The highest BCUT2D eigenvalue weighted by Crippen LogP contribution is 2.19. The molecule has 0 bridgehead atoms. The Kier molecular flexibility index (Phi) is 4.02. The quantitative estimate of drug-likeness (QED) is 0.738. The number of rotatable bonds is 2. The molecule has 0 aliphatic carbocycles. The van der Waals surface area contributed by atoms with Crippen molar-refractivity contribution in [3.63, 3.8) is 0 Å². The lowest BCUT2D eigenvalue weighted by Gasteiger charge is -2.28. The van der Waals surface area contributed by atoms with Gasteiger partial charge in [-0.1, -0.05) is 0 Å². The monoisotopic (exact) mass is 257 g/mol. The molecule has 6 heteroatoms. The highest BCUT2D eigenvalue weighted by Gasteiger charge is 2.33. The van der Waals surface area contributed by atoms with Crippen LogP contribution in [-0.4, -0.2) is 56.5 Å². The highest BCUT2D eigenvalue weighted by molar-refractivity contribution is 7.91. The minimum absolute atomic E-state index is 0.168. The maximum atomic E-state index is 11.5. The predicted molar refractivity (Wildman–Crippen MR) is 65.3 cm³/mol. The molecule has 5 nitrogen and oxygen atoms in total. The fourth-order valence-electron chi connectivity index (χ4n) is 2.67. The van der Waals surface area contributed by atoms with E-state index in [0.717, 1.165) is 32.5 Å². The van der Waals surface area contributed by atoms with Gasteiger partial charge >= 0.3 is 0 Å². The summed E-state index contributed by atoms with van der Waals surface area (Å²) in [6, 6.07) is 2.54. The second-order valence-corrected chi connectivity index (χ2v) is 7.15. The van der Waals surface area contributed by atoms with Crippen molar-refractivity contribution in [3.05, 3.63) is 0 Å². The van der Waals surface area contributed by atoms with E-state index in [4.69, 9.17) is 5.26 Å². The first kappa shape index (κ1) is 12.8. The molecule has 2 atom stereocenters. The van der Waals surface area contributed by atoms with Crippen LogP contribution >= 0.6 is 0 Å². The average Bonchev–Trinajstić information content (AvgIpc) is 2.50. The van der Waals surface area contributed by atoms with Crippen molar-refractivity contribution in [2.45, 2.75) is 31.3 Å². The zero-order valence-electron chi connectivity index (χ0n) is 9.93. The van der Waals surface area contributed by atoms with Gasteiger partial charge < -0.3 is 5.32 Å². The third kappa shape index (κ3) is 3.41. The lowest BCUT2D eigenvalue weighted by atomic mass is 10.1. The third-order valence-electron chi connectivity index (χ3n) is 3.57. The number of nitrogens with one attached hydrogen (secondary N) is 1. The van der Waals surface area contributed by atoms with Gasteiger partial charge in [-0.2, -0.15) is 5.26 Å². The molecule has 0 aromatic heterocycles. The maximum Gasteiger partial charge on any atom is 0.151 e. The summed E-state index contributed by atoms with van der Waals surface area (Å²) in [6.07, 6.45) is 2.27. The summed E-state index contributed by atoms with van der Waals surface area (Å²) in [5.74, 6) is 0.622. The Morgan fingerprint density at radius 1 is 1.47 bits per heavy atom. The number of hydrogen-bond donors (Lipinski definition) is 1. The molecule has 2 rings (SSSR count). The largest absolute Gasteiger partial charge is 0.312 e. The van der Waals surface area contributed by atoms with E-state index < -0.39 is 9.84 Å². The van der Waals surface area contributed by atoms with Crippen molar-refractivity contribution >= 4 is 9.84 Å². The van der Waals surface area contributed by atoms with Gasteiger partial charge in [-0.3, -0.25) is 4.90 Å². The lowest BCUT2D eigenvalue weighted by Crippen LogP contribution is -2.43. The summed E-state index contributed by atoms with van der Waals surface area (Å²) < 4.78 is 23.0. The van der Waals surface area contributed by atoms with E-state index in [2.05, 4.69) is 16.3 Å². The molecule has 1 N–H and O–H groups in total. The van der Waals surface area contributed by atoms with Gasteiger partial charge in [0.15, 0.2) is 9.84 Å². The Morgan fingerprint density at radius 3 is 2.94 bits per heavy atom. The van der Waals surface area contributed by atoms with Crippen molar-refractivity contribution in [2.24, 2.45) is 0 Å². The predicted octanol–water partition coefficient (Wildman–Crippen LogP) is -0.249. The van der Waals surface area contributed by atoms with Crippen molar-refractivity contribution in [3.8, 4) is 6.07 Å². The Balaban J connectivity index is 1.98. The van der Waals surface area contributed by atoms with Crippen molar-refractivity contribution < 1.29 is 8.42 Å². The van der Waals surface area contributed by atoms with Crippen LogP contribution in [0.25, 0.3) is 0 Å². The molecule has 0 spiro atoms. The molecule has 2 heterocycles. The molecule has 17 heavy (non-hydrogen) atoms. The van der Waals surface area contributed by atoms with Crippen LogP contribution in [0.5, 0.6) is 0 Å². The molecule has 2 aliphatic heterocycles. The van der Waals surface area contributed by atoms with Crippen LogP contribution in [0.4, 0.5) is 0 Å². The number of nitrogens with zero attached hydrogens (tertiary/aromatic N) is 2. The topological polar surface area (TPSA) is 73.2 Å². The summed E-state index contributed by atoms with van der Waals surface area (Å²) in [6.45, 7) is 2.66. The first-order valence-electron chi connectivity index (χ1n) is 6.15. The smallest absolute Gasteiger partial charge is 0.151 e. The average molecular weight is 257 g/mol. The standard InChI is InChI=1S/C11H19N3O2S/c12-4-2-10-8-14(6-1-5-13-10)11-3-7-17(15,16)9-11/h10-11,13H,1-3,5-9H2. The first-order chi connectivity index (χ1) is 8.11. The van der Waals surface area contributed by atoms with Gasteiger partial charge in [0, 0.05) is 18.6 Å². The van der Waals surface area contributed by atoms with Crippen LogP contribution in [0.3, 0.4) is 0 Å². The molecule has 2 unspecified atom stereocenters. The van der Waals surface area contributed by atoms with E-state index in [1.165, 1.54) is 0 Å². The van der Waals surface area contributed by atoms with Crippen LogP contribution in [0.15, 0.2) is 0 Å². The molecule has 0 radical (unpaired) electrons. The Labute approximate surface area is 103 Å². The molecule has 0 saturated carbocycles. The van der Waals surface area contributed by atoms with E-state index >= 15 is 0 Å². The zero-order valence-corrected chi connectivity index (χ0v) is 10.7. The van der Waals surface area contributed by atoms with Crippen molar-refractivity contribution in [2.75, 3.05) is 31.1 Å². The molecule has 0 aromatic rings. The summed E-state index contributed by atoms with van der Waals surface area (Å²) in [5, 5.41) is 12.1. The number of hydrogen-bond acceptors (Lipinski definition) is 5. The number of nitriles is 1. The van der Waals surface area contributed by atoms with Gasteiger partial charge in [-0.25, -0.2) is 8.42 Å². The van der Waals surface area contributed by atoms with Crippen LogP contribution in [-0.2, 0) is 9.84 Å². The minimum Gasteiger partial charge on any atom is -0.312 e. The van der Waals surface area contributed by atoms with E-state index in [-0.39, 0.29) is 12.1 Å². The molecule has 2 fully saturated rings. The van der Waals surface area contributed by atoms with Crippen molar-refractivity contribution in [1.29, 1.82) is 5.26 Å². The van der Waals surface area contributed by atoms with E-state index in [1.807, 2.05) is 0 Å². The summed E-state index contributed by atoms with van der Waals surface area (Å²) >= 11 is 0. The summed E-state index contributed by atoms with van der Waals surface area (Å²) in [5.41, 5.74) is 0. The zero-order chi connectivity index (χ0) is 12.3. The number of sulfone groups is 1. The van der Waals surface area contributed by atoms with Gasteiger partial charge in [0.05, 0.1) is 24.0 Å². The van der Waals surface area contributed by atoms with Crippen molar-refractivity contribution in [1.82, 2.24) is 10.2 Å². The van der Waals surface area contributed by atoms with Gasteiger partial charge in [0.2, 0.25) is 0 Å². The molecule has 2 saturated heterocycles. The lowest BCUT2D eigenvalue weighted by molar-refractivity contribution is 0.209. The van der Waals surface area contributed by atoms with Crippen LogP contribution < -0.4 is 5.32 Å². The second kappa shape index (κ2) is 5.34. The van der Waals surface area contributed by atoms with Crippen LogP contribution in [0, 0.1) is 11.3 Å². The second-order valence-electron chi connectivity index (χ2n) is 4.92. The third-order valence-corrected chi connectivity index (χ3v) is 5.32. The summed E-state index contributed by atoms with van der Waals surface area (Å²) in [7, 11) is -2.81. The van der Waals surface area contributed by atoms with Crippen LogP contribution in [0.1, 0.15) is 19.3 Å². The molecule has 0 aromatic carbocycles. The molecular weight excluding hydrogens is 238 g/mol. The van der Waals surface area contributed by atoms with Gasteiger partial charge in [0.1, 0.15) is 0 Å². The van der Waals surface area contributed by atoms with E-state index in [0.29, 0.717) is 17.9 Å². The Morgan fingerprint density at radius 2 is 2.29 bits per heavy atom. The maximum absolute atomic E-state index is 11.5. The van der Waals surface area contributed by atoms with Gasteiger partial charge in [0.25, 0.3) is 0 Å². The molecule has 96 valence electrons. The molecule has 2 aliphatic rings. The van der Waals surface area contributed by atoms with Gasteiger partial charge in [-0.05, 0) is 25.9 Å². The van der Waals surface area contributed by atoms with E-state index in [9.17, 15) is 8.42 Å². The fourth-order valence-corrected chi connectivity index (χ4v) is 4.43. The SMILES string of the molecule is N#CCC1CN(C2CCS(=O)(=O)C2)CCCN1. The Hall–Kier alpha value is -0.640. The minimum atomic E-state index is -2.81. The molecule has 0 amide bonds.